The highest BCUT2D eigenvalue weighted by Crippen LogP contribution is 2.20. The van der Waals surface area contributed by atoms with E-state index in [0.717, 1.165) is 5.56 Å². The molecule has 0 saturated carbocycles. The van der Waals surface area contributed by atoms with Crippen LogP contribution in [-0.2, 0) is 0 Å². The molecule has 1 amide bonds. The molecule has 4 nitrogen and oxygen atoms in total. The number of hydrogen-bond donors (Lipinski definition) is 2. The van der Waals surface area contributed by atoms with Crippen LogP contribution < -0.4 is 5.73 Å². The molecule has 2 rings (SSSR count). The van der Waals surface area contributed by atoms with Crippen molar-refractivity contribution in [3.05, 3.63) is 29.3 Å². The lowest BCUT2D eigenvalue weighted by molar-refractivity contribution is 0.0362. The molecule has 0 aliphatic carbocycles. The third-order valence-electron chi connectivity index (χ3n) is 3.03. The molecule has 86 valence electrons. The van der Waals surface area contributed by atoms with Gasteiger partial charge < -0.3 is 15.7 Å². The maximum atomic E-state index is 11.9. The number of aliphatic hydroxyl groups excluding tert-OH is 1. The first-order chi connectivity index (χ1) is 7.61. The van der Waals surface area contributed by atoms with Crippen LogP contribution in [0.3, 0.4) is 0 Å². The summed E-state index contributed by atoms with van der Waals surface area (Å²) < 4.78 is 0. The molecule has 16 heavy (non-hydrogen) atoms. The maximum Gasteiger partial charge on any atom is 0.253 e. The van der Waals surface area contributed by atoms with Gasteiger partial charge in [-0.2, -0.15) is 0 Å². The number of aliphatic hydroxyl groups is 1. The SMILES string of the molecule is Cc1ccc(C(=O)N2CC(CO)C2)cc1N. The molecule has 0 radical (unpaired) electrons. The van der Waals surface area contributed by atoms with Crippen molar-refractivity contribution in [2.24, 2.45) is 5.92 Å². The minimum Gasteiger partial charge on any atom is -0.398 e. The predicted molar refractivity (Wildman–Crippen MR) is 62.1 cm³/mol. The highest BCUT2D eigenvalue weighted by atomic mass is 16.3. The molecule has 3 N–H and O–H groups in total. The van der Waals surface area contributed by atoms with Gasteiger partial charge in [-0.1, -0.05) is 6.07 Å². The van der Waals surface area contributed by atoms with Gasteiger partial charge in [0.15, 0.2) is 0 Å². The largest absolute Gasteiger partial charge is 0.398 e. The Morgan fingerprint density at radius 3 is 2.81 bits per heavy atom. The van der Waals surface area contributed by atoms with Crippen molar-refractivity contribution in [3.8, 4) is 0 Å². The predicted octanol–water partition coefficient (Wildman–Crippen LogP) is 0.642. The minimum atomic E-state index is -0.00333. The topological polar surface area (TPSA) is 66.6 Å². The van der Waals surface area contributed by atoms with Gasteiger partial charge in [-0.25, -0.2) is 0 Å². The van der Waals surface area contributed by atoms with Crippen LogP contribution in [0, 0.1) is 12.8 Å². The average Bonchev–Trinajstić information content (AvgIpc) is 2.20. The molecule has 0 atom stereocenters. The fourth-order valence-electron chi connectivity index (χ4n) is 1.81. The molecule has 4 heteroatoms. The van der Waals surface area contributed by atoms with Gasteiger partial charge in [0, 0.05) is 36.9 Å². The lowest BCUT2D eigenvalue weighted by atomic mass is 9.99. The first-order valence-electron chi connectivity index (χ1n) is 5.38. The number of nitrogens with two attached hydrogens (primary N) is 1. The molecule has 1 aliphatic heterocycles. The molecule has 1 aromatic rings. The number of amides is 1. The molecule has 0 unspecified atom stereocenters. The first-order valence-corrected chi connectivity index (χ1v) is 5.38. The summed E-state index contributed by atoms with van der Waals surface area (Å²) >= 11 is 0. The van der Waals surface area contributed by atoms with E-state index in [-0.39, 0.29) is 18.4 Å². The van der Waals surface area contributed by atoms with Crippen molar-refractivity contribution in [3.63, 3.8) is 0 Å². The lowest BCUT2D eigenvalue weighted by Gasteiger charge is -2.38. The van der Waals surface area contributed by atoms with Gasteiger partial charge in [0.25, 0.3) is 5.91 Å². The standard InChI is InChI=1S/C12H16N2O2/c1-8-2-3-10(4-11(8)13)12(16)14-5-9(6-14)7-15/h2-4,9,15H,5-7,13H2,1H3. The van der Waals surface area contributed by atoms with Crippen LogP contribution >= 0.6 is 0 Å². The van der Waals surface area contributed by atoms with Gasteiger partial charge in [-0.3, -0.25) is 4.79 Å². The van der Waals surface area contributed by atoms with Crippen LogP contribution in [0.2, 0.25) is 0 Å². The second kappa shape index (κ2) is 4.14. The Labute approximate surface area is 94.7 Å². The number of carbonyl (C=O) groups excluding carboxylic acids is 1. The van der Waals surface area contributed by atoms with Crippen LogP contribution in [0.5, 0.6) is 0 Å². The van der Waals surface area contributed by atoms with Crippen molar-refractivity contribution >= 4 is 11.6 Å². The van der Waals surface area contributed by atoms with Crippen molar-refractivity contribution in [2.75, 3.05) is 25.4 Å². The quantitative estimate of drug-likeness (QED) is 0.719. The Bertz CT molecular complexity index is 411. The normalized spacial score (nSPS) is 16.0. The van der Waals surface area contributed by atoms with Crippen molar-refractivity contribution in [2.45, 2.75) is 6.92 Å². The highest BCUT2D eigenvalue weighted by molar-refractivity contribution is 5.95. The van der Waals surface area contributed by atoms with Gasteiger partial charge in [-0.15, -0.1) is 0 Å². The molecule has 0 bridgehead atoms. The molecule has 0 aromatic heterocycles. The third-order valence-corrected chi connectivity index (χ3v) is 3.03. The van der Waals surface area contributed by atoms with Crippen molar-refractivity contribution in [1.29, 1.82) is 0 Å². The zero-order valence-electron chi connectivity index (χ0n) is 9.31. The second-order valence-electron chi connectivity index (χ2n) is 4.33. The van der Waals surface area contributed by atoms with E-state index in [0.29, 0.717) is 24.3 Å². The summed E-state index contributed by atoms with van der Waals surface area (Å²) in [6.45, 7) is 3.35. The fourth-order valence-corrected chi connectivity index (χ4v) is 1.81. The Balaban J connectivity index is 2.07. The van der Waals surface area contributed by atoms with Gasteiger partial charge in [0.1, 0.15) is 0 Å². The summed E-state index contributed by atoms with van der Waals surface area (Å²) in [4.78, 5) is 13.7. The van der Waals surface area contributed by atoms with E-state index in [2.05, 4.69) is 0 Å². The summed E-state index contributed by atoms with van der Waals surface area (Å²) in [5.41, 5.74) is 8.01. The zero-order valence-corrected chi connectivity index (χ0v) is 9.31. The molecule has 1 saturated heterocycles. The average molecular weight is 220 g/mol. The molecule has 1 heterocycles. The number of aryl methyl sites for hydroxylation is 1. The smallest absolute Gasteiger partial charge is 0.253 e. The van der Waals surface area contributed by atoms with Gasteiger partial charge in [-0.05, 0) is 24.6 Å². The van der Waals surface area contributed by atoms with Crippen LogP contribution in [0.1, 0.15) is 15.9 Å². The van der Waals surface area contributed by atoms with Crippen LogP contribution in [0.4, 0.5) is 5.69 Å². The molecular weight excluding hydrogens is 204 g/mol. The number of rotatable bonds is 2. The summed E-state index contributed by atoms with van der Waals surface area (Å²) in [7, 11) is 0. The van der Waals surface area contributed by atoms with E-state index < -0.39 is 0 Å². The van der Waals surface area contributed by atoms with Crippen LogP contribution in [0.25, 0.3) is 0 Å². The monoisotopic (exact) mass is 220 g/mol. The van der Waals surface area contributed by atoms with Gasteiger partial charge >= 0.3 is 0 Å². The van der Waals surface area contributed by atoms with E-state index in [1.54, 1.807) is 17.0 Å². The van der Waals surface area contributed by atoms with Crippen LogP contribution in [-0.4, -0.2) is 35.6 Å². The van der Waals surface area contributed by atoms with Gasteiger partial charge in [0.2, 0.25) is 0 Å². The number of benzene rings is 1. The van der Waals surface area contributed by atoms with E-state index >= 15 is 0 Å². The van der Waals surface area contributed by atoms with E-state index in [4.69, 9.17) is 10.8 Å². The van der Waals surface area contributed by atoms with E-state index in [1.807, 2.05) is 13.0 Å². The Morgan fingerprint density at radius 1 is 1.56 bits per heavy atom. The van der Waals surface area contributed by atoms with Crippen molar-refractivity contribution < 1.29 is 9.90 Å². The second-order valence-corrected chi connectivity index (χ2v) is 4.33. The number of nitrogens with zero attached hydrogens (tertiary/aromatic N) is 1. The summed E-state index contributed by atoms with van der Waals surface area (Å²) in [5, 5.41) is 8.88. The third kappa shape index (κ3) is 1.88. The Kier molecular flexibility index (Phi) is 2.83. The Morgan fingerprint density at radius 2 is 2.25 bits per heavy atom. The maximum absolute atomic E-state index is 11.9. The number of carbonyl (C=O) groups is 1. The van der Waals surface area contributed by atoms with Crippen LogP contribution in [0.15, 0.2) is 18.2 Å². The summed E-state index contributed by atoms with van der Waals surface area (Å²) in [5.74, 6) is 0.239. The summed E-state index contributed by atoms with van der Waals surface area (Å²) in [6.07, 6.45) is 0. The number of likely N-dealkylation sites (tertiary alicyclic amines) is 1. The van der Waals surface area contributed by atoms with E-state index in [9.17, 15) is 4.79 Å². The molecular formula is C12H16N2O2. The fraction of sp³-hybridized carbons (Fsp3) is 0.417. The number of anilines is 1. The number of nitrogen functional groups attached to an aromatic ring is 1. The van der Waals surface area contributed by atoms with Crippen molar-refractivity contribution in [1.82, 2.24) is 4.90 Å². The molecule has 1 aliphatic rings. The zero-order chi connectivity index (χ0) is 11.7. The Hall–Kier alpha value is -1.55. The first kappa shape index (κ1) is 11.0. The minimum absolute atomic E-state index is 0.00333. The molecule has 0 spiro atoms. The molecule has 1 fully saturated rings. The molecule has 1 aromatic carbocycles. The van der Waals surface area contributed by atoms with E-state index in [1.165, 1.54) is 0 Å². The van der Waals surface area contributed by atoms with Gasteiger partial charge in [0.05, 0.1) is 0 Å². The summed E-state index contributed by atoms with van der Waals surface area (Å²) in [6, 6.07) is 5.36. The highest BCUT2D eigenvalue weighted by Gasteiger charge is 2.30. The lowest BCUT2D eigenvalue weighted by Crippen LogP contribution is -2.51. The number of hydrogen-bond acceptors (Lipinski definition) is 3.